The Labute approximate surface area is 303 Å². The summed E-state index contributed by atoms with van der Waals surface area (Å²) in [4.78, 5) is 65.3. The third-order valence-corrected chi connectivity index (χ3v) is 9.36. The highest BCUT2D eigenvalue weighted by Gasteiger charge is 2.34. The third kappa shape index (κ3) is 8.25. The fraction of sp³-hybridized carbons (Fsp3) is 0.400. The van der Waals surface area contributed by atoms with Crippen LogP contribution in [-0.2, 0) is 16.0 Å². The number of pyridine rings is 1. The molecule has 3 atom stereocenters. The molecule has 2 aliphatic heterocycles. The van der Waals surface area contributed by atoms with Crippen LogP contribution in [0.4, 0.5) is 0 Å². The molecule has 0 spiro atoms. The van der Waals surface area contributed by atoms with Gasteiger partial charge in [-0.15, -0.1) is 11.3 Å². The Morgan fingerprint density at radius 1 is 1.12 bits per heavy atom. The zero-order chi connectivity index (χ0) is 36.8. The van der Waals surface area contributed by atoms with Gasteiger partial charge in [0.05, 0.1) is 19.7 Å². The van der Waals surface area contributed by atoms with E-state index in [4.69, 9.17) is 23.5 Å². The number of carbonyl (C=O) groups excluding carboxylic acids is 4. The van der Waals surface area contributed by atoms with Gasteiger partial charge in [-0.2, -0.15) is 4.98 Å². The summed E-state index contributed by atoms with van der Waals surface area (Å²) in [5, 5.41) is 14.3. The van der Waals surface area contributed by atoms with Crippen molar-refractivity contribution < 1.29 is 42.6 Å². The summed E-state index contributed by atoms with van der Waals surface area (Å²) in [6.07, 6.45) is 0.522. The van der Waals surface area contributed by atoms with E-state index >= 15 is 0 Å². The van der Waals surface area contributed by atoms with Crippen molar-refractivity contribution in [2.75, 3.05) is 40.0 Å². The second-order valence-corrected chi connectivity index (χ2v) is 13.4. The summed E-state index contributed by atoms with van der Waals surface area (Å²) >= 11 is 1.15. The number of nitrogens with one attached hydrogen (secondary N) is 3. The number of hydrogen-bond acceptors (Lipinski definition) is 13. The Morgan fingerprint density at radius 3 is 2.71 bits per heavy atom. The SMILES string of the molecule is COc1ccc2cc1O[C@@H](C(=O)NCCc1nc(-c3ccccn3)no1)[C@H](C)NC(=O)CN(C(=O)c1scc3c1OCCO3)C[C@H](C(C)C)NC2=O. The van der Waals surface area contributed by atoms with Gasteiger partial charge in [0.2, 0.25) is 17.6 Å². The van der Waals surface area contributed by atoms with Crippen LogP contribution in [0.15, 0.2) is 52.5 Å². The topological polar surface area (TPSA) is 196 Å². The maximum absolute atomic E-state index is 14.0. The predicted octanol–water partition coefficient (Wildman–Crippen LogP) is 2.49. The summed E-state index contributed by atoms with van der Waals surface area (Å²) in [6.45, 7) is 5.79. The van der Waals surface area contributed by atoms with Crippen molar-refractivity contribution in [1.29, 1.82) is 0 Å². The van der Waals surface area contributed by atoms with E-state index in [1.54, 1.807) is 48.8 Å². The molecule has 0 saturated carbocycles. The number of fused-ring (bicyclic) bond motifs is 3. The van der Waals surface area contributed by atoms with Crippen molar-refractivity contribution in [2.24, 2.45) is 5.92 Å². The molecule has 4 amide bonds. The number of amides is 4. The molecule has 17 heteroatoms. The van der Waals surface area contributed by atoms with Gasteiger partial charge in [-0.1, -0.05) is 25.1 Å². The van der Waals surface area contributed by atoms with Crippen molar-refractivity contribution in [3.8, 4) is 34.5 Å². The first-order chi connectivity index (χ1) is 25.1. The molecule has 1 aromatic carbocycles. The lowest BCUT2D eigenvalue weighted by molar-refractivity contribution is -0.130. The van der Waals surface area contributed by atoms with E-state index in [-0.39, 0.29) is 66.4 Å². The van der Waals surface area contributed by atoms with Crippen molar-refractivity contribution >= 4 is 35.0 Å². The highest BCUT2D eigenvalue weighted by molar-refractivity contribution is 7.12. The minimum absolute atomic E-state index is 0.0126. The molecule has 0 saturated heterocycles. The van der Waals surface area contributed by atoms with Crippen LogP contribution in [0.25, 0.3) is 11.5 Å². The average molecular weight is 734 g/mol. The molecular weight excluding hydrogens is 694 g/mol. The summed E-state index contributed by atoms with van der Waals surface area (Å²) in [6, 6.07) is 8.49. The number of rotatable bonds is 8. The van der Waals surface area contributed by atoms with Crippen molar-refractivity contribution in [2.45, 2.75) is 45.4 Å². The predicted molar refractivity (Wildman–Crippen MR) is 187 cm³/mol. The number of aromatic nitrogens is 3. The zero-order valence-electron chi connectivity index (χ0n) is 29.0. The van der Waals surface area contributed by atoms with Crippen molar-refractivity contribution in [3.63, 3.8) is 0 Å². The standard InChI is InChI=1S/C35H39N7O9S/c1-19(2)23-16-42(35(46)31-30-26(18-52-31)48-13-14-49-30)17-27(43)38-20(3)29(50-25-15-21(33(44)39-23)8-9-24(25)47-4)34(45)37-12-10-28-40-32(41-51-28)22-7-5-6-11-36-22/h5-9,11,15,18-20,23,29H,10,12-14,16-17H2,1-4H3,(H,37,45)(H,38,43)(H,39,44)/t20-,23+,29+/m0/s1. The van der Waals surface area contributed by atoms with Crippen LogP contribution >= 0.6 is 11.3 Å². The van der Waals surface area contributed by atoms with E-state index in [1.807, 2.05) is 13.8 Å². The molecule has 3 N–H and O–H groups in total. The average Bonchev–Trinajstić information content (AvgIpc) is 3.80. The quantitative estimate of drug-likeness (QED) is 0.240. The molecule has 52 heavy (non-hydrogen) atoms. The molecule has 0 fully saturated rings. The molecule has 3 aromatic heterocycles. The Kier molecular flexibility index (Phi) is 11.2. The van der Waals surface area contributed by atoms with Crippen LogP contribution in [0.3, 0.4) is 0 Å². The van der Waals surface area contributed by atoms with Gasteiger partial charge in [0.15, 0.2) is 29.1 Å². The molecule has 2 aliphatic rings. The number of thiophene rings is 1. The lowest BCUT2D eigenvalue weighted by Crippen LogP contribution is -2.55. The molecule has 0 aliphatic carbocycles. The highest BCUT2D eigenvalue weighted by atomic mass is 32.1. The molecule has 5 heterocycles. The van der Waals surface area contributed by atoms with Gasteiger partial charge in [0.1, 0.15) is 23.8 Å². The Morgan fingerprint density at radius 2 is 1.94 bits per heavy atom. The molecule has 0 radical (unpaired) electrons. The number of ether oxygens (including phenoxy) is 4. The van der Waals surface area contributed by atoms with Crippen LogP contribution in [0, 0.1) is 5.92 Å². The van der Waals surface area contributed by atoms with Gasteiger partial charge in [0.25, 0.3) is 17.7 Å². The highest BCUT2D eigenvalue weighted by Crippen LogP contribution is 2.40. The molecule has 0 unspecified atom stereocenters. The zero-order valence-corrected chi connectivity index (χ0v) is 29.9. The van der Waals surface area contributed by atoms with Crippen molar-refractivity contribution in [3.05, 3.63) is 64.3 Å². The van der Waals surface area contributed by atoms with Crippen LogP contribution in [0.1, 0.15) is 46.7 Å². The van der Waals surface area contributed by atoms with Crippen LogP contribution in [0.5, 0.6) is 23.0 Å². The van der Waals surface area contributed by atoms with E-state index in [1.165, 1.54) is 18.1 Å². The second-order valence-electron chi connectivity index (χ2n) is 12.5. The van der Waals surface area contributed by atoms with Gasteiger partial charge >= 0.3 is 0 Å². The first-order valence-corrected chi connectivity index (χ1v) is 17.6. The van der Waals surface area contributed by atoms with Crippen LogP contribution < -0.4 is 34.9 Å². The van der Waals surface area contributed by atoms with Gasteiger partial charge < -0.3 is 44.3 Å². The van der Waals surface area contributed by atoms with E-state index in [9.17, 15) is 19.2 Å². The lowest BCUT2D eigenvalue weighted by atomic mass is 10.0. The molecule has 274 valence electrons. The largest absolute Gasteiger partial charge is 0.493 e. The summed E-state index contributed by atoms with van der Waals surface area (Å²) in [7, 11) is 1.44. The summed E-state index contributed by atoms with van der Waals surface area (Å²) in [5.41, 5.74) is 0.784. The fourth-order valence-electron chi connectivity index (χ4n) is 5.61. The number of hydrogen-bond donors (Lipinski definition) is 3. The minimum Gasteiger partial charge on any atom is -0.493 e. The molecule has 2 bridgehead atoms. The van der Waals surface area contributed by atoms with E-state index in [0.29, 0.717) is 29.6 Å². The molecule has 6 rings (SSSR count). The first-order valence-electron chi connectivity index (χ1n) is 16.7. The normalized spacial score (nSPS) is 19.2. The Bertz CT molecular complexity index is 1920. The third-order valence-electron chi connectivity index (χ3n) is 8.44. The van der Waals surface area contributed by atoms with E-state index in [0.717, 1.165) is 11.3 Å². The van der Waals surface area contributed by atoms with Gasteiger partial charge in [0, 0.05) is 42.7 Å². The number of nitrogens with zero attached hydrogens (tertiary/aromatic N) is 4. The molecule has 16 nitrogen and oxygen atoms in total. The molecular formula is C35H39N7O9S. The Hall–Kier alpha value is -5.71. The van der Waals surface area contributed by atoms with Gasteiger partial charge in [-0.05, 0) is 43.2 Å². The number of methoxy groups -OCH3 is 1. The van der Waals surface area contributed by atoms with Gasteiger partial charge in [-0.3, -0.25) is 24.2 Å². The monoisotopic (exact) mass is 733 g/mol. The molecule has 4 aromatic rings. The van der Waals surface area contributed by atoms with Crippen molar-refractivity contribution in [1.82, 2.24) is 36.0 Å². The summed E-state index contributed by atoms with van der Waals surface area (Å²) < 4.78 is 28.4. The first kappa shape index (κ1) is 36.1. The lowest BCUT2D eigenvalue weighted by Gasteiger charge is -2.32. The van der Waals surface area contributed by atoms with Gasteiger partial charge in [-0.25, -0.2) is 0 Å². The maximum Gasteiger partial charge on any atom is 0.268 e. The fourth-order valence-corrected chi connectivity index (χ4v) is 6.51. The van der Waals surface area contributed by atoms with Crippen LogP contribution in [0.2, 0.25) is 0 Å². The number of carbonyl (C=O) groups is 4. The van der Waals surface area contributed by atoms with E-state index < -0.39 is 41.8 Å². The van der Waals surface area contributed by atoms with Crippen LogP contribution in [-0.4, -0.2) is 102 Å². The minimum atomic E-state index is -1.30. The summed E-state index contributed by atoms with van der Waals surface area (Å²) in [5.74, 6) is -0.378. The maximum atomic E-state index is 14.0. The Balaban J connectivity index is 1.25. The van der Waals surface area contributed by atoms with E-state index in [2.05, 4.69) is 31.1 Å². The smallest absolute Gasteiger partial charge is 0.268 e. The number of benzene rings is 1. The second kappa shape index (κ2) is 16.1.